The Morgan fingerprint density at radius 2 is 2.09 bits per heavy atom. The predicted octanol–water partition coefficient (Wildman–Crippen LogP) is 0.0610. The third-order valence-corrected chi connectivity index (χ3v) is 7.48. The number of anilines is 1. The number of nitrogens with zero attached hydrogens (tertiary/aromatic N) is 1. The van der Waals surface area contributed by atoms with Gasteiger partial charge < -0.3 is 4.90 Å². The van der Waals surface area contributed by atoms with Crippen LogP contribution < -0.4 is 9.62 Å². The van der Waals surface area contributed by atoms with E-state index in [9.17, 15) is 21.6 Å². The van der Waals surface area contributed by atoms with Gasteiger partial charge in [-0.15, -0.1) is 0 Å². The van der Waals surface area contributed by atoms with Crippen LogP contribution in [0.1, 0.15) is 18.9 Å². The number of hydrogen-bond acceptors (Lipinski definition) is 5. The summed E-state index contributed by atoms with van der Waals surface area (Å²) in [5.41, 5.74) is 1.54. The zero-order valence-electron chi connectivity index (χ0n) is 12.6. The molecule has 1 saturated heterocycles. The molecule has 3 rings (SSSR count). The molecule has 0 saturated carbocycles. The highest BCUT2D eigenvalue weighted by atomic mass is 32.2. The molecule has 2 heterocycles. The summed E-state index contributed by atoms with van der Waals surface area (Å²) >= 11 is 0. The monoisotopic (exact) mass is 358 g/mol. The Bertz CT molecular complexity index is 861. The number of sulfone groups is 1. The van der Waals surface area contributed by atoms with Crippen LogP contribution in [-0.4, -0.2) is 46.8 Å². The first-order valence-corrected chi connectivity index (χ1v) is 10.6. The topological polar surface area (TPSA) is 101 Å². The molecular weight excluding hydrogens is 340 g/mol. The summed E-state index contributed by atoms with van der Waals surface area (Å²) in [5, 5.41) is 0. The molecule has 7 nitrogen and oxygen atoms in total. The summed E-state index contributed by atoms with van der Waals surface area (Å²) in [7, 11) is -6.92. The molecule has 1 atom stereocenters. The lowest BCUT2D eigenvalue weighted by Gasteiger charge is -2.16. The summed E-state index contributed by atoms with van der Waals surface area (Å²) in [6.07, 6.45) is 0.903. The van der Waals surface area contributed by atoms with Gasteiger partial charge in [-0.1, -0.05) is 0 Å². The molecule has 0 bridgehead atoms. The third-order valence-electron chi connectivity index (χ3n) is 4.19. The lowest BCUT2D eigenvalue weighted by molar-refractivity contribution is -0.116. The minimum atomic E-state index is -3.77. The molecular formula is C14H18N2O5S2. The molecule has 1 unspecified atom stereocenters. The van der Waals surface area contributed by atoms with Crippen molar-refractivity contribution in [3.8, 4) is 0 Å². The van der Waals surface area contributed by atoms with Gasteiger partial charge in [-0.3, -0.25) is 4.79 Å². The van der Waals surface area contributed by atoms with Gasteiger partial charge in [0.2, 0.25) is 15.9 Å². The number of hydrogen-bond donors (Lipinski definition) is 1. The molecule has 23 heavy (non-hydrogen) atoms. The molecule has 0 aliphatic carbocycles. The van der Waals surface area contributed by atoms with Gasteiger partial charge in [0.25, 0.3) is 0 Å². The normalized spacial score (nSPS) is 23.0. The molecule has 0 radical (unpaired) electrons. The maximum atomic E-state index is 12.4. The van der Waals surface area contributed by atoms with E-state index in [0.717, 1.165) is 11.3 Å². The molecule has 2 aliphatic rings. The van der Waals surface area contributed by atoms with Crippen molar-refractivity contribution >= 4 is 31.5 Å². The van der Waals surface area contributed by atoms with Gasteiger partial charge in [-0.05, 0) is 36.6 Å². The SMILES string of the molecule is CC(=O)N1CCc2cc(S(=O)(=O)NC3CCS(=O)(=O)C3)ccc21. The fourth-order valence-electron chi connectivity index (χ4n) is 3.05. The van der Waals surface area contributed by atoms with Crippen LogP contribution in [0.4, 0.5) is 5.69 Å². The number of nitrogens with one attached hydrogen (secondary N) is 1. The van der Waals surface area contributed by atoms with E-state index < -0.39 is 25.9 Å². The number of sulfonamides is 1. The van der Waals surface area contributed by atoms with Crippen molar-refractivity contribution in [2.75, 3.05) is 23.0 Å². The van der Waals surface area contributed by atoms with Crippen LogP contribution in [0.2, 0.25) is 0 Å². The lowest BCUT2D eigenvalue weighted by atomic mass is 10.2. The summed E-state index contributed by atoms with van der Waals surface area (Å²) < 4.78 is 50.2. The largest absolute Gasteiger partial charge is 0.312 e. The van der Waals surface area contributed by atoms with Gasteiger partial charge in [0.05, 0.1) is 16.4 Å². The molecule has 1 aromatic carbocycles. The van der Waals surface area contributed by atoms with E-state index in [1.807, 2.05) is 0 Å². The van der Waals surface area contributed by atoms with E-state index in [4.69, 9.17) is 0 Å². The van der Waals surface area contributed by atoms with Crippen molar-refractivity contribution in [3.05, 3.63) is 23.8 Å². The first-order chi connectivity index (χ1) is 10.7. The molecule has 1 fully saturated rings. The smallest absolute Gasteiger partial charge is 0.240 e. The Balaban J connectivity index is 1.83. The van der Waals surface area contributed by atoms with Crippen LogP contribution in [0.25, 0.3) is 0 Å². The highest BCUT2D eigenvalue weighted by Gasteiger charge is 2.32. The number of fused-ring (bicyclic) bond motifs is 1. The van der Waals surface area contributed by atoms with E-state index in [-0.39, 0.29) is 22.3 Å². The molecule has 1 N–H and O–H groups in total. The first-order valence-electron chi connectivity index (χ1n) is 7.32. The van der Waals surface area contributed by atoms with Crippen molar-refractivity contribution in [1.29, 1.82) is 0 Å². The minimum absolute atomic E-state index is 0.0119. The lowest BCUT2D eigenvalue weighted by Crippen LogP contribution is -2.35. The second-order valence-corrected chi connectivity index (χ2v) is 9.88. The molecule has 1 aromatic rings. The molecule has 1 amide bonds. The maximum Gasteiger partial charge on any atom is 0.240 e. The van der Waals surface area contributed by atoms with Gasteiger partial charge >= 0.3 is 0 Å². The van der Waals surface area contributed by atoms with Gasteiger partial charge in [0.15, 0.2) is 9.84 Å². The van der Waals surface area contributed by atoms with Crippen LogP contribution in [0.5, 0.6) is 0 Å². The zero-order valence-corrected chi connectivity index (χ0v) is 14.3. The Hall–Kier alpha value is -1.45. The van der Waals surface area contributed by atoms with Gasteiger partial charge in [0.1, 0.15) is 0 Å². The maximum absolute atomic E-state index is 12.4. The van der Waals surface area contributed by atoms with Crippen LogP contribution >= 0.6 is 0 Å². The Labute approximate surface area is 135 Å². The summed E-state index contributed by atoms with van der Waals surface area (Å²) in [5.74, 6) is -0.221. The average Bonchev–Trinajstić information content (AvgIpc) is 3.00. The van der Waals surface area contributed by atoms with Gasteiger partial charge in [-0.2, -0.15) is 0 Å². The molecule has 2 aliphatic heterocycles. The zero-order chi connectivity index (χ0) is 16.8. The van der Waals surface area contributed by atoms with E-state index >= 15 is 0 Å². The molecule has 0 spiro atoms. The fourth-order valence-corrected chi connectivity index (χ4v) is 6.15. The fraction of sp³-hybridized carbons (Fsp3) is 0.500. The highest BCUT2D eigenvalue weighted by Crippen LogP contribution is 2.30. The second kappa shape index (κ2) is 5.57. The van der Waals surface area contributed by atoms with Crippen molar-refractivity contribution in [3.63, 3.8) is 0 Å². The number of carbonyl (C=O) groups excluding carboxylic acids is 1. The number of carbonyl (C=O) groups is 1. The number of rotatable bonds is 3. The van der Waals surface area contributed by atoms with E-state index in [2.05, 4.69) is 4.72 Å². The van der Waals surface area contributed by atoms with Gasteiger partial charge in [-0.25, -0.2) is 21.6 Å². The second-order valence-electron chi connectivity index (χ2n) is 5.93. The minimum Gasteiger partial charge on any atom is -0.312 e. The summed E-state index contributed by atoms with van der Waals surface area (Å²) in [4.78, 5) is 13.2. The summed E-state index contributed by atoms with van der Waals surface area (Å²) in [6, 6.07) is 4.06. The standard InChI is InChI=1S/C14H18N2O5S2/c1-10(17)16-6-4-11-8-13(2-3-14(11)16)23(20,21)15-12-5-7-22(18,19)9-12/h2-3,8,12,15H,4-7,9H2,1H3. The average molecular weight is 358 g/mol. The van der Waals surface area contributed by atoms with Crippen molar-refractivity contribution in [2.24, 2.45) is 0 Å². The quantitative estimate of drug-likeness (QED) is 0.823. The Kier molecular flexibility index (Phi) is 3.97. The van der Waals surface area contributed by atoms with Crippen molar-refractivity contribution < 1.29 is 21.6 Å². The first kappa shape index (κ1) is 16.4. The van der Waals surface area contributed by atoms with Gasteiger partial charge in [0, 0.05) is 25.2 Å². The predicted molar refractivity (Wildman–Crippen MR) is 85.6 cm³/mol. The summed E-state index contributed by atoms with van der Waals surface area (Å²) in [6.45, 7) is 2.02. The van der Waals surface area contributed by atoms with Crippen molar-refractivity contribution in [2.45, 2.75) is 30.7 Å². The van der Waals surface area contributed by atoms with Crippen LogP contribution in [0.15, 0.2) is 23.1 Å². The number of benzene rings is 1. The molecule has 0 aromatic heterocycles. The van der Waals surface area contributed by atoms with E-state index in [1.54, 1.807) is 17.0 Å². The van der Waals surface area contributed by atoms with Crippen LogP contribution in [-0.2, 0) is 31.1 Å². The Morgan fingerprint density at radius 1 is 1.35 bits per heavy atom. The van der Waals surface area contributed by atoms with E-state index in [0.29, 0.717) is 19.4 Å². The van der Waals surface area contributed by atoms with Crippen molar-refractivity contribution in [1.82, 2.24) is 4.72 Å². The van der Waals surface area contributed by atoms with E-state index in [1.165, 1.54) is 13.0 Å². The molecule has 126 valence electrons. The van der Waals surface area contributed by atoms with Crippen LogP contribution in [0, 0.1) is 0 Å². The highest BCUT2D eigenvalue weighted by molar-refractivity contribution is 7.92. The molecule has 9 heteroatoms. The number of amides is 1. The van der Waals surface area contributed by atoms with Crippen LogP contribution in [0.3, 0.4) is 0 Å². The third kappa shape index (κ3) is 3.26. The Morgan fingerprint density at radius 3 is 2.70 bits per heavy atom.